The molecule has 0 spiro atoms. The average Bonchev–Trinajstić information content (AvgIpc) is 2.30. The Bertz CT molecular complexity index is 620. The van der Waals surface area contributed by atoms with Crippen molar-refractivity contribution in [2.75, 3.05) is 0 Å². The van der Waals surface area contributed by atoms with Crippen LogP contribution in [0.2, 0.25) is 0 Å². The van der Waals surface area contributed by atoms with Crippen molar-refractivity contribution in [2.24, 2.45) is 16.2 Å². The molecule has 130 valence electrons. The Morgan fingerprint density at radius 1 is 1.04 bits per heavy atom. The van der Waals surface area contributed by atoms with Crippen LogP contribution in [-0.4, -0.2) is 24.6 Å². The van der Waals surface area contributed by atoms with Crippen molar-refractivity contribution in [1.82, 2.24) is 0 Å². The molecular weight excluding hydrogens is 488 g/mol. The second-order valence-corrected chi connectivity index (χ2v) is 14.0. The molecule has 23 heavy (non-hydrogen) atoms. The molecule has 0 aliphatic heterocycles. The monoisotopic (exact) mass is 510 g/mol. The fraction of sp³-hybridized carbons (Fsp3) is 0.833. The molecule has 0 aromatic heterocycles. The summed E-state index contributed by atoms with van der Waals surface area (Å²) in [7, 11) is 0. The summed E-state index contributed by atoms with van der Waals surface area (Å²) < 4.78 is -0.816. The van der Waals surface area contributed by atoms with Crippen LogP contribution >= 0.6 is 47.8 Å². The number of hydrogen-bond acceptors (Lipinski definition) is 2. The van der Waals surface area contributed by atoms with Gasteiger partial charge in [0, 0.05) is 15.8 Å². The van der Waals surface area contributed by atoms with E-state index in [9.17, 15) is 9.90 Å². The summed E-state index contributed by atoms with van der Waals surface area (Å²) >= 11 is 11.2. The third-order valence-corrected chi connectivity index (χ3v) is 10.6. The molecule has 3 atom stereocenters. The molecule has 0 amide bonds. The molecule has 3 unspecified atom stereocenters. The Hall–Kier alpha value is 0.810. The van der Waals surface area contributed by atoms with Crippen molar-refractivity contribution < 1.29 is 9.90 Å². The number of halogens is 3. The van der Waals surface area contributed by atoms with Crippen LogP contribution in [0, 0.1) is 16.2 Å². The number of fused-ring (bicyclic) bond motifs is 3. The van der Waals surface area contributed by atoms with E-state index in [4.69, 9.17) is 0 Å². The number of carbonyl (C=O) groups excluding carboxylic acids is 1. The number of Topliss-reactive ketones (excluding diaryl/α,β-unsaturated/α-hetero) is 1. The highest BCUT2D eigenvalue weighted by molar-refractivity contribution is 9.26. The van der Waals surface area contributed by atoms with Crippen molar-refractivity contribution in [3.05, 3.63) is 11.1 Å². The first-order valence-corrected chi connectivity index (χ1v) is 10.7. The number of carbonyl (C=O) groups is 1. The van der Waals surface area contributed by atoms with Crippen LogP contribution in [-0.2, 0) is 4.79 Å². The highest BCUT2D eigenvalue weighted by Gasteiger charge is 2.64. The van der Waals surface area contributed by atoms with Gasteiger partial charge in [-0.2, -0.15) is 0 Å². The van der Waals surface area contributed by atoms with Gasteiger partial charge in [-0.05, 0) is 42.1 Å². The lowest BCUT2D eigenvalue weighted by Gasteiger charge is -2.60. The zero-order valence-electron chi connectivity index (χ0n) is 14.4. The van der Waals surface area contributed by atoms with Gasteiger partial charge in [0.25, 0.3) is 0 Å². The summed E-state index contributed by atoms with van der Waals surface area (Å²) in [6, 6.07) is 0. The lowest BCUT2D eigenvalue weighted by atomic mass is 9.49. The number of ketones is 1. The van der Waals surface area contributed by atoms with Gasteiger partial charge in [0.2, 0.25) is 0 Å². The van der Waals surface area contributed by atoms with E-state index < -0.39 is 8.83 Å². The van der Waals surface area contributed by atoms with Crippen LogP contribution in [0.1, 0.15) is 60.3 Å². The maximum Gasteiger partial charge on any atom is 0.189 e. The molecule has 0 aromatic rings. The van der Waals surface area contributed by atoms with E-state index in [2.05, 4.69) is 82.4 Å². The summed E-state index contributed by atoms with van der Waals surface area (Å²) in [4.78, 5) is 13.5. The summed E-state index contributed by atoms with van der Waals surface area (Å²) in [5, 5.41) is 11.5. The molecular formula is C18H25Br3O2. The van der Waals surface area contributed by atoms with E-state index in [0.717, 1.165) is 18.4 Å². The van der Waals surface area contributed by atoms with Gasteiger partial charge in [0.05, 0.1) is 5.60 Å². The molecule has 1 fully saturated rings. The van der Waals surface area contributed by atoms with Gasteiger partial charge in [-0.15, -0.1) is 0 Å². The number of alkyl halides is 3. The van der Waals surface area contributed by atoms with Gasteiger partial charge >= 0.3 is 0 Å². The summed E-state index contributed by atoms with van der Waals surface area (Å²) in [5.41, 5.74) is 0.476. The molecule has 3 rings (SSSR count). The van der Waals surface area contributed by atoms with Crippen LogP contribution in [0.4, 0.5) is 0 Å². The van der Waals surface area contributed by atoms with Gasteiger partial charge < -0.3 is 5.11 Å². The second kappa shape index (κ2) is 4.95. The molecule has 0 saturated heterocycles. The maximum absolute atomic E-state index is 13.3. The zero-order valence-corrected chi connectivity index (χ0v) is 19.2. The summed E-state index contributed by atoms with van der Waals surface area (Å²) in [6.07, 6.45) is 3.15. The Morgan fingerprint density at radius 2 is 1.61 bits per heavy atom. The Morgan fingerprint density at radius 3 is 2.17 bits per heavy atom. The molecule has 3 aliphatic carbocycles. The molecule has 3 aliphatic rings. The Kier molecular flexibility index (Phi) is 4.00. The van der Waals surface area contributed by atoms with Crippen molar-refractivity contribution in [1.29, 1.82) is 0 Å². The first-order valence-electron chi connectivity index (χ1n) is 8.18. The van der Waals surface area contributed by atoms with Crippen molar-refractivity contribution in [3.8, 4) is 0 Å². The van der Waals surface area contributed by atoms with Gasteiger partial charge in [-0.1, -0.05) is 82.4 Å². The zero-order chi connectivity index (χ0) is 17.6. The van der Waals surface area contributed by atoms with Gasteiger partial charge in [0.15, 0.2) is 5.78 Å². The third-order valence-electron chi connectivity index (χ3n) is 6.05. The summed E-state index contributed by atoms with van der Waals surface area (Å²) in [6.45, 7) is 10.8. The first kappa shape index (κ1) is 18.6. The predicted molar refractivity (Wildman–Crippen MR) is 104 cm³/mol. The second-order valence-electron chi connectivity index (χ2n) is 9.61. The lowest BCUT2D eigenvalue weighted by Crippen LogP contribution is -2.61. The van der Waals surface area contributed by atoms with E-state index in [-0.39, 0.29) is 26.9 Å². The van der Waals surface area contributed by atoms with Gasteiger partial charge in [0.1, 0.15) is 3.23 Å². The largest absolute Gasteiger partial charge is 0.385 e. The molecule has 2 bridgehead atoms. The standard InChI is InChI=1S/C18H25Br3O2/c1-14(2)7-16(5)9-17(23,8-14)11-10(12(16)19)6-15(3,4)18(20,21)13(11)22/h12,23H,6-9H2,1-5H3. The molecule has 0 radical (unpaired) electrons. The minimum Gasteiger partial charge on any atom is -0.385 e. The predicted octanol–water partition coefficient (Wildman–Crippen LogP) is 5.49. The number of hydrogen-bond donors (Lipinski definition) is 1. The topological polar surface area (TPSA) is 37.3 Å². The molecule has 0 heterocycles. The first-order chi connectivity index (χ1) is 10.2. The Labute approximate surface area is 164 Å². The molecule has 0 aromatic carbocycles. The molecule has 1 saturated carbocycles. The minimum absolute atomic E-state index is 0.00421. The van der Waals surface area contributed by atoms with E-state index in [1.165, 1.54) is 0 Å². The average molecular weight is 513 g/mol. The van der Waals surface area contributed by atoms with Crippen molar-refractivity contribution >= 4 is 53.6 Å². The minimum atomic E-state index is -1.02. The van der Waals surface area contributed by atoms with Crippen LogP contribution < -0.4 is 0 Å². The van der Waals surface area contributed by atoms with Crippen molar-refractivity contribution in [2.45, 2.75) is 74.0 Å². The third kappa shape index (κ3) is 2.50. The van der Waals surface area contributed by atoms with E-state index in [0.29, 0.717) is 18.4 Å². The lowest BCUT2D eigenvalue weighted by molar-refractivity contribution is -0.127. The quantitative estimate of drug-likeness (QED) is 0.436. The fourth-order valence-corrected chi connectivity index (χ4v) is 6.92. The van der Waals surface area contributed by atoms with Crippen LogP contribution in [0.3, 0.4) is 0 Å². The normalized spacial score (nSPS) is 44.0. The smallest absolute Gasteiger partial charge is 0.189 e. The Balaban J connectivity index is 2.25. The van der Waals surface area contributed by atoms with E-state index >= 15 is 0 Å². The molecule has 5 heteroatoms. The maximum atomic E-state index is 13.3. The van der Waals surface area contributed by atoms with Gasteiger partial charge in [-0.25, -0.2) is 0 Å². The molecule has 1 N–H and O–H groups in total. The number of allylic oxidation sites excluding steroid dienone is 1. The summed E-state index contributed by atoms with van der Waals surface area (Å²) in [5.74, 6) is -0.00421. The van der Waals surface area contributed by atoms with Crippen LogP contribution in [0.25, 0.3) is 0 Å². The fourth-order valence-electron chi connectivity index (χ4n) is 5.53. The highest BCUT2D eigenvalue weighted by Crippen LogP contribution is 2.66. The molecule has 2 nitrogen and oxygen atoms in total. The van der Waals surface area contributed by atoms with E-state index in [1.807, 2.05) is 0 Å². The van der Waals surface area contributed by atoms with E-state index in [1.54, 1.807) is 0 Å². The number of aliphatic hydroxyl groups is 1. The van der Waals surface area contributed by atoms with Crippen LogP contribution in [0.5, 0.6) is 0 Å². The SMILES string of the molecule is CC1(C)CC2(O)CC(C)(C1)C(Br)C1=C2C(=O)C(Br)(Br)C(C)(C)C1. The van der Waals surface area contributed by atoms with Gasteiger partial charge in [-0.3, -0.25) is 4.79 Å². The number of rotatable bonds is 0. The van der Waals surface area contributed by atoms with Crippen molar-refractivity contribution in [3.63, 3.8) is 0 Å². The highest BCUT2D eigenvalue weighted by atomic mass is 79.9. The van der Waals surface area contributed by atoms with Crippen LogP contribution in [0.15, 0.2) is 11.1 Å².